The molecule has 0 aliphatic heterocycles. The van der Waals surface area contributed by atoms with E-state index in [0.29, 0.717) is 12.1 Å². The second kappa shape index (κ2) is 11.9. The molecule has 1 aromatic rings. The molecule has 0 radical (unpaired) electrons. The molecule has 0 saturated carbocycles. The Labute approximate surface area is 129 Å². The van der Waals surface area contributed by atoms with Crippen LogP contribution < -0.4 is 5.32 Å². The summed E-state index contributed by atoms with van der Waals surface area (Å²) in [4.78, 5) is 0. The third-order valence-corrected chi connectivity index (χ3v) is 3.85. The third kappa shape index (κ3) is 9.06. The Kier molecular flexibility index (Phi) is 10.5. The van der Waals surface area contributed by atoms with E-state index in [1.54, 1.807) is 30.0 Å². The lowest BCUT2D eigenvalue weighted by Gasteiger charge is -2.12. The van der Waals surface area contributed by atoms with E-state index in [-0.39, 0.29) is 25.6 Å². The minimum Gasteiger partial charge on any atom is -0.396 e. The van der Waals surface area contributed by atoms with E-state index < -0.39 is 6.10 Å². The first-order valence-corrected chi connectivity index (χ1v) is 8.28. The van der Waals surface area contributed by atoms with Crippen molar-refractivity contribution in [3.05, 3.63) is 35.6 Å². The highest BCUT2D eigenvalue weighted by Gasteiger charge is 2.05. The van der Waals surface area contributed by atoms with Crippen LogP contribution in [-0.2, 0) is 11.3 Å². The Morgan fingerprint density at radius 1 is 1.29 bits per heavy atom. The van der Waals surface area contributed by atoms with E-state index in [1.807, 2.05) is 0 Å². The van der Waals surface area contributed by atoms with Crippen molar-refractivity contribution in [1.29, 1.82) is 0 Å². The molecule has 1 unspecified atom stereocenters. The molecule has 1 atom stereocenters. The molecule has 0 aliphatic rings. The molecule has 0 bridgehead atoms. The van der Waals surface area contributed by atoms with Crippen LogP contribution in [0.25, 0.3) is 0 Å². The average molecular weight is 317 g/mol. The van der Waals surface area contributed by atoms with Crippen LogP contribution >= 0.6 is 11.8 Å². The topological polar surface area (TPSA) is 61.7 Å². The van der Waals surface area contributed by atoms with Crippen LogP contribution in [0, 0.1) is 5.82 Å². The maximum Gasteiger partial charge on any atom is 0.128 e. The van der Waals surface area contributed by atoms with Gasteiger partial charge in [-0.1, -0.05) is 18.2 Å². The second-order valence-electron chi connectivity index (χ2n) is 4.65. The molecule has 4 nitrogen and oxygen atoms in total. The fourth-order valence-corrected chi connectivity index (χ4v) is 2.49. The first-order chi connectivity index (χ1) is 10.2. The van der Waals surface area contributed by atoms with Gasteiger partial charge in [0, 0.05) is 31.0 Å². The van der Waals surface area contributed by atoms with Gasteiger partial charge in [0.25, 0.3) is 0 Å². The van der Waals surface area contributed by atoms with Crippen LogP contribution in [-0.4, -0.2) is 54.1 Å². The molecule has 0 heterocycles. The van der Waals surface area contributed by atoms with Crippen LogP contribution in [0.4, 0.5) is 4.39 Å². The number of nitrogens with one attached hydrogen (secondary N) is 1. The molecule has 1 rings (SSSR count). The third-order valence-electron chi connectivity index (χ3n) is 2.78. The lowest BCUT2D eigenvalue weighted by atomic mass is 10.2. The van der Waals surface area contributed by atoms with Gasteiger partial charge in [-0.15, -0.1) is 0 Å². The van der Waals surface area contributed by atoms with Crippen molar-refractivity contribution >= 4 is 11.8 Å². The molecule has 0 saturated heterocycles. The normalized spacial score (nSPS) is 12.5. The molecule has 0 aromatic heterocycles. The van der Waals surface area contributed by atoms with E-state index in [9.17, 15) is 9.50 Å². The van der Waals surface area contributed by atoms with Gasteiger partial charge in [-0.3, -0.25) is 0 Å². The predicted molar refractivity (Wildman–Crippen MR) is 84.0 cm³/mol. The summed E-state index contributed by atoms with van der Waals surface area (Å²) in [5, 5.41) is 21.5. The quantitative estimate of drug-likeness (QED) is 0.509. The van der Waals surface area contributed by atoms with Crippen LogP contribution in [0.15, 0.2) is 24.3 Å². The first kappa shape index (κ1) is 18.4. The van der Waals surface area contributed by atoms with E-state index in [1.165, 1.54) is 6.07 Å². The Morgan fingerprint density at radius 3 is 2.86 bits per heavy atom. The SMILES string of the molecule is OCCCSCCNCC(O)COCc1ccccc1F. The van der Waals surface area contributed by atoms with Gasteiger partial charge in [0.1, 0.15) is 5.82 Å². The summed E-state index contributed by atoms with van der Waals surface area (Å²) in [7, 11) is 0. The predicted octanol–water partition coefficient (Wildman–Crippen LogP) is 1.41. The molecule has 21 heavy (non-hydrogen) atoms. The van der Waals surface area contributed by atoms with Gasteiger partial charge in [0.05, 0.1) is 19.3 Å². The number of aliphatic hydroxyl groups is 2. The Morgan fingerprint density at radius 2 is 2.10 bits per heavy atom. The first-order valence-electron chi connectivity index (χ1n) is 7.12. The molecule has 120 valence electrons. The van der Waals surface area contributed by atoms with Gasteiger partial charge >= 0.3 is 0 Å². The number of ether oxygens (including phenoxy) is 1. The number of hydrogen-bond acceptors (Lipinski definition) is 5. The van der Waals surface area contributed by atoms with E-state index in [0.717, 1.165) is 24.5 Å². The van der Waals surface area contributed by atoms with Gasteiger partial charge in [0.15, 0.2) is 0 Å². The second-order valence-corrected chi connectivity index (χ2v) is 5.88. The van der Waals surface area contributed by atoms with Crippen LogP contribution in [0.1, 0.15) is 12.0 Å². The largest absolute Gasteiger partial charge is 0.396 e. The van der Waals surface area contributed by atoms with Crippen LogP contribution in [0.5, 0.6) is 0 Å². The van der Waals surface area contributed by atoms with Gasteiger partial charge in [0.2, 0.25) is 0 Å². The maximum absolute atomic E-state index is 13.3. The Balaban J connectivity index is 1.99. The summed E-state index contributed by atoms with van der Waals surface area (Å²) in [6, 6.07) is 6.46. The molecular formula is C15H24FNO3S. The van der Waals surface area contributed by atoms with Crippen molar-refractivity contribution in [2.45, 2.75) is 19.1 Å². The van der Waals surface area contributed by atoms with E-state index >= 15 is 0 Å². The Bertz CT molecular complexity index is 382. The average Bonchev–Trinajstić information content (AvgIpc) is 2.48. The summed E-state index contributed by atoms with van der Waals surface area (Å²) in [5.74, 6) is 1.61. The highest BCUT2D eigenvalue weighted by Crippen LogP contribution is 2.07. The number of rotatable bonds is 12. The zero-order chi connectivity index (χ0) is 15.3. The van der Waals surface area contributed by atoms with Crippen molar-refractivity contribution in [3.8, 4) is 0 Å². The highest BCUT2D eigenvalue weighted by molar-refractivity contribution is 7.99. The monoisotopic (exact) mass is 317 g/mol. The molecule has 0 aliphatic carbocycles. The smallest absolute Gasteiger partial charge is 0.128 e. The van der Waals surface area contributed by atoms with Crippen LogP contribution in [0.3, 0.4) is 0 Å². The van der Waals surface area contributed by atoms with Gasteiger partial charge in [-0.25, -0.2) is 4.39 Å². The zero-order valence-corrected chi connectivity index (χ0v) is 12.9. The molecule has 6 heteroatoms. The van der Waals surface area contributed by atoms with Crippen LogP contribution in [0.2, 0.25) is 0 Å². The summed E-state index contributed by atoms with van der Waals surface area (Å²) in [6.07, 6.45) is 0.219. The summed E-state index contributed by atoms with van der Waals surface area (Å²) in [5.41, 5.74) is 0.498. The number of aliphatic hydroxyl groups excluding tert-OH is 2. The number of hydrogen-bond donors (Lipinski definition) is 3. The standard InChI is InChI=1S/C15H24FNO3S/c16-15-5-2-1-4-13(15)11-20-12-14(19)10-17-6-9-21-8-3-7-18/h1-2,4-5,14,17-19H,3,6-12H2. The fourth-order valence-electron chi connectivity index (χ4n) is 1.66. The van der Waals surface area contributed by atoms with Gasteiger partial charge in [-0.2, -0.15) is 11.8 Å². The molecule has 0 amide bonds. The molecule has 1 aromatic carbocycles. The van der Waals surface area contributed by atoms with E-state index in [2.05, 4.69) is 5.32 Å². The van der Waals surface area contributed by atoms with E-state index in [4.69, 9.17) is 9.84 Å². The van der Waals surface area contributed by atoms with Crippen molar-refractivity contribution in [2.24, 2.45) is 0 Å². The summed E-state index contributed by atoms with van der Waals surface area (Å²) < 4.78 is 18.6. The minimum absolute atomic E-state index is 0.167. The lowest BCUT2D eigenvalue weighted by molar-refractivity contribution is 0.0282. The van der Waals surface area contributed by atoms with Gasteiger partial charge < -0.3 is 20.3 Å². The van der Waals surface area contributed by atoms with Crippen molar-refractivity contribution < 1.29 is 19.3 Å². The number of benzene rings is 1. The van der Waals surface area contributed by atoms with Gasteiger partial charge in [-0.05, 0) is 18.2 Å². The number of thioether (sulfide) groups is 1. The fraction of sp³-hybridized carbons (Fsp3) is 0.600. The highest BCUT2D eigenvalue weighted by atomic mass is 32.2. The van der Waals surface area contributed by atoms with Crippen molar-refractivity contribution in [2.75, 3.05) is 37.8 Å². The molecule has 3 N–H and O–H groups in total. The minimum atomic E-state index is -0.598. The molecule has 0 spiro atoms. The molecule has 0 fully saturated rings. The number of halogens is 1. The molecular weight excluding hydrogens is 293 g/mol. The van der Waals surface area contributed by atoms with Crippen molar-refractivity contribution in [1.82, 2.24) is 5.32 Å². The Hall–Kier alpha value is -0.660. The summed E-state index contributed by atoms with van der Waals surface area (Å²) in [6.45, 7) is 1.84. The lowest BCUT2D eigenvalue weighted by Crippen LogP contribution is -2.31. The summed E-state index contributed by atoms with van der Waals surface area (Å²) >= 11 is 1.77. The van der Waals surface area contributed by atoms with Crippen molar-refractivity contribution in [3.63, 3.8) is 0 Å². The zero-order valence-electron chi connectivity index (χ0n) is 12.1. The maximum atomic E-state index is 13.3.